The lowest BCUT2D eigenvalue weighted by atomic mass is 10.0. The lowest BCUT2D eigenvalue weighted by molar-refractivity contribution is -0.144. The average molecular weight is 288 g/mol. The first-order valence-corrected chi connectivity index (χ1v) is 6.83. The molecule has 4 nitrogen and oxygen atoms in total. The highest BCUT2D eigenvalue weighted by Gasteiger charge is 2.35. The summed E-state index contributed by atoms with van der Waals surface area (Å²) in [5.74, 6) is -0.536. The molecule has 1 aromatic heterocycles. The van der Waals surface area contributed by atoms with E-state index in [4.69, 9.17) is 5.73 Å². The summed E-state index contributed by atoms with van der Waals surface area (Å²) in [5, 5.41) is 3.06. The Morgan fingerprint density at radius 1 is 1.20 bits per heavy atom. The van der Waals surface area contributed by atoms with Gasteiger partial charge in [0.25, 0.3) is 0 Å². The monoisotopic (exact) mass is 288 g/mol. The highest BCUT2D eigenvalue weighted by Crippen LogP contribution is 2.29. The molecule has 0 bridgehead atoms. The molecule has 1 heterocycles. The molecular formula is C13H19F3N4. The van der Waals surface area contributed by atoms with Crippen LogP contribution >= 0.6 is 0 Å². The number of halogens is 3. The Balaban J connectivity index is 2.11. The van der Waals surface area contributed by atoms with Gasteiger partial charge in [0.15, 0.2) is 0 Å². The fourth-order valence-corrected chi connectivity index (χ4v) is 2.51. The molecular weight excluding hydrogens is 269 g/mol. The van der Waals surface area contributed by atoms with Gasteiger partial charge in [-0.3, -0.25) is 0 Å². The Bertz CT molecular complexity index is 461. The topological polar surface area (TPSA) is 63.8 Å². The van der Waals surface area contributed by atoms with E-state index in [1.807, 2.05) is 0 Å². The predicted molar refractivity (Wildman–Crippen MR) is 71.1 cm³/mol. The molecule has 0 spiro atoms. The van der Waals surface area contributed by atoms with Gasteiger partial charge in [-0.05, 0) is 25.2 Å². The molecule has 0 radical (unpaired) electrons. The summed E-state index contributed by atoms with van der Waals surface area (Å²) in [6.45, 7) is 2.20. The summed E-state index contributed by atoms with van der Waals surface area (Å²) < 4.78 is 37.9. The maximum Gasteiger partial charge on any atom is 0.451 e. The number of nitrogen functional groups attached to an aromatic ring is 1. The van der Waals surface area contributed by atoms with Crippen LogP contribution in [-0.2, 0) is 6.18 Å². The molecule has 20 heavy (non-hydrogen) atoms. The summed E-state index contributed by atoms with van der Waals surface area (Å²) in [4.78, 5) is 6.75. The van der Waals surface area contributed by atoms with E-state index in [1.165, 1.54) is 6.07 Å². The first-order chi connectivity index (χ1) is 9.34. The minimum Gasteiger partial charge on any atom is -0.384 e. The molecule has 0 aromatic carbocycles. The van der Waals surface area contributed by atoms with Crippen LogP contribution in [0.1, 0.15) is 44.9 Å². The average Bonchev–Trinajstić information content (AvgIpc) is 2.53. The molecule has 3 N–H and O–H groups in total. The molecule has 0 saturated heterocycles. The summed E-state index contributed by atoms with van der Waals surface area (Å²) >= 11 is 0. The van der Waals surface area contributed by atoms with Crippen LogP contribution in [0, 0.1) is 5.92 Å². The van der Waals surface area contributed by atoms with Gasteiger partial charge in [0.1, 0.15) is 11.6 Å². The summed E-state index contributed by atoms with van der Waals surface area (Å²) in [6, 6.07) is 1.50. The largest absolute Gasteiger partial charge is 0.451 e. The predicted octanol–water partition coefficient (Wildman–Crippen LogP) is 3.46. The van der Waals surface area contributed by atoms with Crippen LogP contribution < -0.4 is 11.1 Å². The number of nitrogens with one attached hydrogen (secondary N) is 1. The van der Waals surface area contributed by atoms with Gasteiger partial charge in [-0.2, -0.15) is 13.2 Å². The van der Waals surface area contributed by atoms with Crippen molar-refractivity contribution in [1.82, 2.24) is 9.97 Å². The Labute approximate surface area is 116 Å². The van der Waals surface area contributed by atoms with E-state index in [0.29, 0.717) is 5.92 Å². The SMILES string of the molecule is CC1CCCC(Nc2cc(N)nc(C(F)(F)F)n2)CC1. The van der Waals surface area contributed by atoms with E-state index in [2.05, 4.69) is 22.2 Å². The van der Waals surface area contributed by atoms with E-state index in [0.717, 1.165) is 32.1 Å². The third-order valence-electron chi connectivity index (χ3n) is 3.61. The van der Waals surface area contributed by atoms with E-state index in [-0.39, 0.29) is 17.7 Å². The van der Waals surface area contributed by atoms with Gasteiger partial charge < -0.3 is 11.1 Å². The molecule has 2 rings (SSSR count). The second-order valence-corrected chi connectivity index (χ2v) is 5.45. The number of anilines is 2. The second kappa shape index (κ2) is 5.85. The van der Waals surface area contributed by atoms with Crippen LogP contribution in [0.25, 0.3) is 0 Å². The Morgan fingerprint density at radius 2 is 1.95 bits per heavy atom. The highest BCUT2D eigenvalue weighted by molar-refractivity contribution is 5.45. The van der Waals surface area contributed by atoms with Crippen molar-refractivity contribution in [3.05, 3.63) is 11.9 Å². The number of nitrogens with zero attached hydrogens (tertiary/aromatic N) is 2. The van der Waals surface area contributed by atoms with Crippen molar-refractivity contribution in [2.75, 3.05) is 11.1 Å². The summed E-state index contributed by atoms with van der Waals surface area (Å²) in [7, 11) is 0. The zero-order valence-electron chi connectivity index (χ0n) is 11.4. The molecule has 1 fully saturated rings. The number of aromatic nitrogens is 2. The number of hydrogen-bond donors (Lipinski definition) is 2. The number of nitrogens with two attached hydrogens (primary N) is 1. The van der Waals surface area contributed by atoms with E-state index >= 15 is 0 Å². The van der Waals surface area contributed by atoms with E-state index in [9.17, 15) is 13.2 Å². The fraction of sp³-hybridized carbons (Fsp3) is 0.692. The number of hydrogen-bond acceptors (Lipinski definition) is 4. The van der Waals surface area contributed by atoms with Crippen molar-refractivity contribution < 1.29 is 13.2 Å². The fourth-order valence-electron chi connectivity index (χ4n) is 2.51. The van der Waals surface area contributed by atoms with Crippen molar-refractivity contribution >= 4 is 11.6 Å². The van der Waals surface area contributed by atoms with Crippen molar-refractivity contribution in [2.24, 2.45) is 5.92 Å². The zero-order valence-corrected chi connectivity index (χ0v) is 11.4. The van der Waals surface area contributed by atoms with Crippen LogP contribution in [0.3, 0.4) is 0 Å². The van der Waals surface area contributed by atoms with Gasteiger partial charge in [-0.15, -0.1) is 0 Å². The quantitative estimate of drug-likeness (QED) is 0.818. The first-order valence-electron chi connectivity index (χ1n) is 6.83. The maximum atomic E-state index is 12.6. The van der Waals surface area contributed by atoms with Gasteiger partial charge in [-0.25, -0.2) is 9.97 Å². The minimum absolute atomic E-state index is 0.148. The second-order valence-electron chi connectivity index (χ2n) is 5.45. The molecule has 0 amide bonds. The van der Waals surface area contributed by atoms with Crippen molar-refractivity contribution in [2.45, 2.75) is 51.2 Å². The molecule has 112 valence electrons. The lowest BCUT2D eigenvalue weighted by Crippen LogP contribution is -2.21. The van der Waals surface area contributed by atoms with Crippen molar-refractivity contribution in [3.63, 3.8) is 0 Å². The summed E-state index contributed by atoms with van der Waals surface area (Å²) in [6.07, 6.45) is 0.611. The van der Waals surface area contributed by atoms with Crippen LogP contribution in [-0.4, -0.2) is 16.0 Å². The van der Waals surface area contributed by atoms with Gasteiger partial charge in [0, 0.05) is 12.1 Å². The minimum atomic E-state index is -4.58. The highest BCUT2D eigenvalue weighted by atomic mass is 19.4. The van der Waals surface area contributed by atoms with Crippen LogP contribution in [0.4, 0.5) is 24.8 Å². The normalized spacial score (nSPS) is 24.2. The van der Waals surface area contributed by atoms with Crippen LogP contribution in [0.15, 0.2) is 6.07 Å². The smallest absolute Gasteiger partial charge is 0.384 e. The molecule has 0 aliphatic heterocycles. The third kappa shape index (κ3) is 3.98. The maximum absolute atomic E-state index is 12.6. The van der Waals surface area contributed by atoms with Gasteiger partial charge in [0.05, 0.1) is 0 Å². The van der Waals surface area contributed by atoms with Gasteiger partial charge in [-0.1, -0.05) is 19.8 Å². The Morgan fingerprint density at radius 3 is 2.65 bits per heavy atom. The van der Waals surface area contributed by atoms with E-state index in [1.54, 1.807) is 0 Å². The van der Waals surface area contributed by atoms with Gasteiger partial charge in [0.2, 0.25) is 5.82 Å². The summed E-state index contributed by atoms with van der Waals surface area (Å²) in [5.41, 5.74) is 5.42. The van der Waals surface area contributed by atoms with E-state index < -0.39 is 12.0 Å². The first kappa shape index (κ1) is 14.9. The molecule has 1 aliphatic rings. The van der Waals surface area contributed by atoms with Crippen molar-refractivity contribution in [3.8, 4) is 0 Å². The Hall–Kier alpha value is -1.53. The van der Waals surface area contributed by atoms with Crippen LogP contribution in [0.5, 0.6) is 0 Å². The van der Waals surface area contributed by atoms with Crippen LogP contribution in [0.2, 0.25) is 0 Å². The Kier molecular flexibility index (Phi) is 4.35. The zero-order chi connectivity index (χ0) is 14.8. The lowest BCUT2D eigenvalue weighted by Gasteiger charge is -2.18. The number of rotatable bonds is 2. The third-order valence-corrected chi connectivity index (χ3v) is 3.61. The van der Waals surface area contributed by atoms with Crippen molar-refractivity contribution in [1.29, 1.82) is 0 Å². The molecule has 2 unspecified atom stereocenters. The molecule has 2 atom stereocenters. The molecule has 1 aromatic rings. The van der Waals surface area contributed by atoms with Gasteiger partial charge >= 0.3 is 6.18 Å². The number of alkyl halides is 3. The molecule has 1 aliphatic carbocycles. The standard InChI is InChI=1S/C13H19F3N4/c1-8-3-2-4-9(6-5-8)18-11-7-10(17)19-12(20-11)13(14,15)16/h7-9H,2-6H2,1H3,(H3,17,18,19,20). The molecule has 7 heteroatoms. The molecule has 1 saturated carbocycles.